The number of amides is 1. The quantitative estimate of drug-likeness (QED) is 0.721. The predicted octanol–water partition coefficient (Wildman–Crippen LogP) is 2.60. The lowest BCUT2D eigenvalue weighted by molar-refractivity contribution is -0.131. The zero-order valence-electron chi connectivity index (χ0n) is 13.9. The van der Waals surface area contributed by atoms with Crippen LogP contribution in [0.4, 0.5) is 0 Å². The summed E-state index contributed by atoms with van der Waals surface area (Å²) in [5.74, 6) is 1.11. The molecule has 2 rings (SSSR count). The Bertz CT molecular complexity index is 470. The number of thioether (sulfide) groups is 1. The molecular formula is C15H27N5OS. The lowest BCUT2D eigenvalue weighted by atomic mass is 9.94. The van der Waals surface area contributed by atoms with Gasteiger partial charge in [0.05, 0.1) is 5.75 Å². The molecular weight excluding hydrogens is 298 g/mol. The molecule has 1 aliphatic rings. The van der Waals surface area contributed by atoms with Gasteiger partial charge in [-0.3, -0.25) is 4.79 Å². The number of hydrogen-bond donors (Lipinski definition) is 0. The monoisotopic (exact) mass is 325 g/mol. The van der Waals surface area contributed by atoms with Crippen molar-refractivity contribution in [3.05, 3.63) is 0 Å². The van der Waals surface area contributed by atoms with Gasteiger partial charge in [-0.2, -0.15) is 0 Å². The van der Waals surface area contributed by atoms with Crippen molar-refractivity contribution in [2.45, 2.75) is 70.6 Å². The van der Waals surface area contributed by atoms with E-state index in [1.807, 2.05) is 4.90 Å². The van der Waals surface area contributed by atoms with E-state index in [1.165, 1.54) is 31.0 Å². The third-order valence-corrected chi connectivity index (χ3v) is 4.98. The standard InChI is InChI=1S/C15H27N5OS/c1-4-19(13-8-6-5-7-9-13)14(21)11-22-15-16-17-18-20(15)10-12(2)3/h12-13H,4-11H2,1-3H3. The van der Waals surface area contributed by atoms with Crippen molar-refractivity contribution < 1.29 is 4.79 Å². The Hall–Kier alpha value is -1.11. The van der Waals surface area contributed by atoms with E-state index in [1.54, 1.807) is 4.68 Å². The molecule has 0 saturated heterocycles. The molecule has 1 aromatic rings. The molecule has 0 bridgehead atoms. The van der Waals surface area contributed by atoms with Crippen LogP contribution in [0, 0.1) is 5.92 Å². The van der Waals surface area contributed by atoms with Gasteiger partial charge in [-0.05, 0) is 36.1 Å². The molecule has 1 amide bonds. The highest BCUT2D eigenvalue weighted by Crippen LogP contribution is 2.24. The predicted molar refractivity (Wildman–Crippen MR) is 87.6 cm³/mol. The van der Waals surface area contributed by atoms with Gasteiger partial charge in [0.2, 0.25) is 11.1 Å². The average molecular weight is 325 g/mol. The van der Waals surface area contributed by atoms with E-state index in [9.17, 15) is 4.79 Å². The summed E-state index contributed by atoms with van der Waals surface area (Å²) in [6.07, 6.45) is 6.09. The highest BCUT2D eigenvalue weighted by Gasteiger charge is 2.24. The Kier molecular flexibility index (Phi) is 6.67. The molecule has 0 atom stereocenters. The van der Waals surface area contributed by atoms with Gasteiger partial charge in [0.15, 0.2) is 0 Å². The van der Waals surface area contributed by atoms with E-state index in [2.05, 4.69) is 36.3 Å². The van der Waals surface area contributed by atoms with Crippen molar-refractivity contribution >= 4 is 17.7 Å². The summed E-state index contributed by atoms with van der Waals surface area (Å²) >= 11 is 1.45. The van der Waals surface area contributed by atoms with Crippen LogP contribution >= 0.6 is 11.8 Å². The van der Waals surface area contributed by atoms with E-state index in [4.69, 9.17) is 0 Å². The van der Waals surface area contributed by atoms with Crippen LogP contribution in [0.3, 0.4) is 0 Å². The van der Waals surface area contributed by atoms with Crippen molar-refractivity contribution in [3.63, 3.8) is 0 Å². The van der Waals surface area contributed by atoms with Crippen LogP contribution in [0.5, 0.6) is 0 Å². The van der Waals surface area contributed by atoms with Crippen LogP contribution in [0.25, 0.3) is 0 Å². The van der Waals surface area contributed by atoms with E-state index in [0.29, 0.717) is 17.7 Å². The minimum atomic E-state index is 0.207. The first-order valence-corrected chi connectivity index (χ1v) is 9.28. The summed E-state index contributed by atoms with van der Waals surface area (Å²) in [6.45, 7) is 7.90. The number of aromatic nitrogens is 4. The number of carbonyl (C=O) groups excluding carboxylic acids is 1. The van der Waals surface area contributed by atoms with E-state index in [-0.39, 0.29) is 5.91 Å². The van der Waals surface area contributed by atoms with Crippen LogP contribution in [0.2, 0.25) is 0 Å². The van der Waals surface area contributed by atoms with Gasteiger partial charge in [-0.15, -0.1) is 5.10 Å². The molecule has 0 unspecified atom stereocenters. The number of rotatable bonds is 7. The van der Waals surface area contributed by atoms with Gasteiger partial charge in [0.25, 0.3) is 0 Å². The van der Waals surface area contributed by atoms with Gasteiger partial charge in [0, 0.05) is 19.1 Å². The molecule has 22 heavy (non-hydrogen) atoms. The lowest BCUT2D eigenvalue weighted by Crippen LogP contribution is -2.42. The van der Waals surface area contributed by atoms with Crippen molar-refractivity contribution in [3.8, 4) is 0 Å². The number of hydrogen-bond acceptors (Lipinski definition) is 5. The highest BCUT2D eigenvalue weighted by atomic mass is 32.2. The summed E-state index contributed by atoms with van der Waals surface area (Å²) in [4.78, 5) is 14.6. The first-order chi connectivity index (χ1) is 10.6. The minimum Gasteiger partial charge on any atom is -0.339 e. The van der Waals surface area contributed by atoms with Crippen molar-refractivity contribution in [1.82, 2.24) is 25.1 Å². The van der Waals surface area contributed by atoms with Gasteiger partial charge >= 0.3 is 0 Å². The van der Waals surface area contributed by atoms with Gasteiger partial charge in [-0.1, -0.05) is 44.9 Å². The molecule has 7 heteroatoms. The largest absolute Gasteiger partial charge is 0.339 e. The molecule has 0 N–H and O–H groups in total. The molecule has 1 heterocycles. The molecule has 0 spiro atoms. The topological polar surface area (TPSA) is 63.9 Å². The summed E-state index contributed by atoms with van der Waals surface area (Å²) in [5.41, 5.74) is 0. The van der Waals surface area contributed by atoms with Crippen molar-refractivity contribution in [1.29, 1.82) is 0 Å². The second-order valence-corrected chi connectivity index (χ2v) is 7.24. The maximum atomic E-state index is 12.5. The Labute approximate surface area is 137 Å². The second kappa shape index (κ2) is 8.50. The van der Waals surface area contributed by atoms with Crippen LogP contribution < -0.4 is 0 Å². The van der Waals surface area contributed by atoms with Gasteiger partial charge < -0.3 is 4.90 Å². The Morgan fingerprint density at radius 3 is 2.73 bits per heavy atom. The summed E-state index contributed by atoms with van der Waals surface area (Å²) < 4.78 is 1.79. The fourth-order valence-corrected chi connectivity index (χ4v) is 3.77. The summed E-state index contributed by atoms with van der Waals surface area (Å²) in [6, 6.07) is 0.429. The molecule has 124 valence electrons. The third kappa shape index (κ3) is 4.69. The fourth-order valence-electron chi connectivity index (χ4n) is 3.00. The van der Waals surface area contributed by atoms with E-state index >= 15 is 0 Å². The Morgan fingerprint density at radius 1 is 1.36 bits per heavy atom. The molecule has 1 saturated carbocycles. The van der Waals surface area contributed by atoms with E-state index in [0.717, 1.165) is 31.1 Å². The molecule has 6 nitrogen and oxygen atoms in total. The van der Waals surface area contributed by atoms with Gasteiger partial charge in [0.1, 0.15) is 0 Å². The molecule has 0 aromatic carbocycles. The summed E-state index contributed by atoms with van der Waals surface area (Å²) in [7, 11) is 0. The first kappa shape index (κ1) is 17.2. The fraction of sp³-hybridized carbons (Fsp3) is 0.867. The smallest absolute Gasteiger partial charge is 0.233 e. The average Bonchev–Trinajstić information content (AvgIpc) is 2.93. The second-order valence-electron chi connectivity index (χ2n) is 6.30. The maximum Gasteiger partial charge on any atom is 0.233 e. The third-order valence-electron chi connectivity index (χ3n) is 4.04. The maximum absolute atomic E-state index is 12.5. The molecule has 0 aliphatic heterocycles. The Morgan fingerprint density at radius 2 is 2.09 bits per heavy atom. The van der Waals surface area contributed by atoms with E-state index < -0.39 is 0 Å². The zero-order chi connectivity index (χ0) is 15.9. The normalized spacial score (nSPS) is 16.2. The summed E-state index contributed by atoms with van der Waals surface area (Å²) in [5, 5.41) is 12.5. The van der Waals surface area contributed by atoms with Crippen LogP contribution in [0.15, 0.2) is 5.16 Å². The molecule has 0 radical (unpaired) electrons. The van der Waals surface area contributed by atoms with Crippen LogP contribution in [-0.2, 0) is 11.3 Å². The SMILES string of the molecule is CCN(C(=O)CSc1nnnn1CC(C)C)C1CCCCC1. The van der Waals surface area contributed by atoms with Gasteiger partial charge in [-0.25, -0.2) is 4.68 Å². The lowest BCUT2D eigenvalue weighted by Gasteiger charge is -2.33. The number of nitrogens with zero attached hydrogens (tertiary/aromatic N) is 5. The number of tetrazole rings is 1. The van der Waals surface area contributed by atoms with Crippen LogP contribution in [0.1, 0.15) is 52.9 Å². The van der Waals surface area contributed by atoms with Crippen molar-refractivity contribution in [2.24, 2.45) is 5.92 Å². The van der Waals surface area contributed by atoms with Crippen molar-refractivity contribution in [2.75, 3.05) is 12.3 Å². The first-order valence-electron chi connectivity index (χ1n) is 8.30. The highest BCUT2D eigenvalue weighted by molar-refractivity contribution is 7.99. The molecule has 1 fully saturated rings. The zero-order valence-corrected chi connectivity index (χ0v) is 14.7. The Balaban J connectivity index is 1.89. The molecule has 1 aromatic heterocycles. The number of carbonyl (C=O) groups is 1. The molecule has 1 aliphatic carbocycles. The van der Waals surface area contributed by atoms with Crippen LogP contribution in [-0.4, -0.2) is 49.4 Å². The minimum absolute atomic E-state index is 0.207.